The molecule has 0 bridgehead atoms. The maximum absolute atomic E-state index is 4.25. The number of H-pyrrole nitrogens is 1. The van der Waals surface area contributed by atoms with Gasteiger partial charge in [0, 0.05) is 12.4 Å². The number of hydrogen-bond acceptors (Lipinski definition) is 4. The molecule has 0 unspecified atom stereocenters. The lowest BCUT2D eigenvalue weighted by Gasteiger charge is -1.91. The van der Waals surface area contributed by atoms with Crippen molar-refractivity contribution in [3.05, 3.63) is 31.0 Å². The first-order valence-electron chi connectivity index (χ1n) is 4.09. The van der Waals surface area contributed by atoms with E-state index in [1.54, 1.807) is 17.1 Å². The molecule has 6 nitrogen and oxygen atoms in total. The van der Waals surface area contributed by atoms with Gasteiger partial charge in [0.05, 0.1) is 6.20 Å². The second-order valence-corrected chi connectivity index (χ2v) is 2.77. The monoisotopic (exact) mass is 186 g/mol. The van der Waals surface area contributed by atoms with Crippen LogP contribution in [0.15, 0.2) is 31.0 Å². The molecule has 0 spiro atoms. The lowest BCUT2D eigenvalue weighted by atomic mass is 10.6. The first-order chi connectivity index (χ1) is 6.93. The fourth-order valence-electron chi connectivity index (χ4n) is 1.25. The first kappa shape index (κ1) is 7.19. The second kappa shape index (κ2) is 2.63. The van der Waals surface area contributed by atoms with Gasteiger partial charge in [-0.1, -0.05) is 0 Å². The van der Waals surface area contributed by atoms with Gasteiger partial charge < -0.3 is 4.98 Å². The van der Waals surface area contributed by atoms with Gasteiger partial charge in [-0.15, -0.1) is 0 Å². The van der Waals surface area contributed by atoms with Crippen LogP contribution in [0, 0.1) is 0 Å². The molecule has 1 N–H and O–H groups in total. The Balaban J connectivity index is 2.24. The van der Waals surface area contributed by atoms with E-state index in [0.717, 1.165) is 5.52 Å². The molecule has 3 aromatic heterocycles. The molecule has 3 heterocycles. The van der Waals surface area contributed by atoms with Crippen molar-refractivity contribution in [3.63, 3.8) is 0 Å². The van der Waals surface area contributed by atoms with Gasteiger partial charge in [0.2, 0.25) is 5.95 Å². The third kappa shape index (κ3) is 0.972. The molecule has 3 aromatic rings. The van der Waals surface area contributed by atoms with Crippen molar-refractivity contribution in [2.24, 2.45) is 0 Å². The molecule has 0 aliphatic heterocycles. The van der Waals surface area contributed by atoms with Gasteiger partial charge in [-0.05, 0) is 6.07 Å². The van der Waals surface area contributed by atoms with E-state index >= 15 is 0 Å². The van der Waals surface area contributed by atoms with Crippen LogP contribution in [0.1, 0.15) is 0 Å². The van der Waals surface area contributed by atoms with Gasteiger partial charge >= 0.3 is 0 Å². The Morgan fingerprint density at radius 1 is 1.36 bits per heavy atom. The predicted molar refractivity (Wildman–Crippen MR) is 48.8 cm³/mol. The molecule has 0 radical (unpaired) electrons. The van der Waals surface area contributed by atoms with Gasteiger partial charge in [-0.25, -0.2) is 14.6 Å². The zero-order valence-corrected chi connectivity index (χ0v) is 7.12. The summed E-state index contributed by atoms with van der Waals surface area (Å²) in [5.41, 5.74) is 1.45. The minimum atomic E-state index is 0.644. The number of aromatic nitrogens is 6. The number of hydrogen-bond donors (Lipinski definition) is 1. The number of aromatic amines is 1. The summed E-state index contributed by atoms with van der Waals surface area (Å²) in [6, 6.07) is 1.83. The number of fused-ring (bicyclic) bond motifs is 1. The van der Waals surface area contributed by atoms with Gasteiger partial charge in [-0.3, -0.25) is 0 Å². The summed E-state index contributed by atoms with van der Waals surface area (Å²) in [4.78, 5) is 15.2. The summed E-state index contributed by atoms with van der Waals surface area (Å²) in [7, 11) is 0. The molecule has 3 rings (SSSR count). The third-order valence-electron chi connectivity index (χ3n) is 1.87. The second-order valence-electron chi connectivity index (χ2n) is 2.77. The molecule has 0 aliphatic rings. The highest BCUT2D eigenvalue weighted by Gasteiger charge is 2.04. The van der Waals surface area contributed by atoms with Crippen LogP contribution in [0.3, 0.4) is 0 Å². The van der Waals surface area contributed by atoms with Crippen LogP contribution in [-0.2, 0) is 0 Å². The molecule has 68 valence electrons. The van der Waals surface area contributed by atoms with Gasteiger partial charge in [0.1, 0.15) is 11.8 Å². The first-order valence-corrected chi connectivity index (χ1v) is 4.09. The average molecular weight is 186 g/mol. The smallest absolute Gasteiger partial charge is 0.230 e. The number of imidazole rings is 1. The van der Waals surface area contributed by atoms with Crippen molar-refractivity contribution in [1.82, 2.24) is 29.7 Å². The maximum Gasteiger partial charge on any atom is 0.230 e. The molecule has 14 heavy (non-hydrogen) atoms. The molecular formula is C8H6N6. The Hall–Kier alpha value is -2.24. The van der Waals surface area contributed by atoms with E-state index in [4.69, 9.17) is 0 Å². The topological polar surface area (TPSA) is 72.3 Å². The standard InChI is InChI=1S/C8H6N6/c1-2-11-14(3-1)8-12-6-4-9-5-10-7(6)13-8/h1-5H,(H,9,10,12,13). The highest BCUT2D eigenvalue weighted by Crippen LogP contribution is 2.08. The van der Waals surface area contributed by atoms with E-state index in [2.05, 4.69) is 25.0 Å². The predicted octanol–water partition coefficient (Wildman–Crippen LogP) is 0.539. The zero-order valence-electron chi connectivity index (χ0n) is 7.12. The molecular weight excluding hydrogens is 180 g/mol. The van der Waals surface area contributed by atoms with Crippen LogP contribution in [0.5, 0.6) is 0 Å². The SMILES string of the molecule is c1cnn(-c2nc3ncncc3[nH]2)c1. The van der Waals surface area contributed by atoms with E-state index < -0.39 is 0 Å². The maximum atomic E-state index is 4.25. The average Bonchev–Trinajstić information content (AvgIpc) is 2.86. The molecule has 0 aromatic carbocycles. The van der Waals surface area contributed by atoms with Crippen LogP contribution in [0.2, 0.25) is 0 Å². The Labute approximate surface area is 78.6 Å². The third-order valence-corrected chi connectivity index (χ3v) is 1.87. The van der Waals surface area contributed by atoms with E-state index in [0.29, 0.717) is 11.6 Å². The Kier molecular flexibility index (Phi) is 1.35. The summed E-state index contributed by atoms with van der Waals surface area (Å²) in [6.07, 6.45) is 6.66. The summed E-state index contributed by atoms with van der Waals surface area (Å²) in [5.74, 6) is 0.644. The van der Waals surface area contributed by atoms with Crippen LogP contribution < -0.4 is 0 Å². The van der Waals surface area contributed by atoms with Crippen molar-refractivity contribution >= 4 is 11.2 Å². The molecule has 0 saturated carbocycles. The summed E-state index contributed by atoms with van der Waals surface area (Å²) >= 11 is 0. The zero-order chi connectivity index (χ0) is 9.38. The quantitative estimate of drug-likeness (QED) is 0.602. The van der Waals surface area contributed by atoms with Gasteiger partial charge in [-0.2, -0.15) is 10.1 Å². The Morgan fingerprint density at radius 2 is 2.36 bits per heavy atom. The lowest BCUT2D eigenvalue weighted by Crippen LogP contribution is -1.95. The van der Waals surface area contributed by atoms with Crippen LogP contribution in [0.4, 0.5) is 0 Å². The van der Waals surface area contributed by atoms with Crippen molar-refractivity contribution in [2.75, 3.05) is 0 Å². The molecule has 0 saturated heterocycles. The highest BCUT2D eigenvalue weighted by molar-refractivity contribution is 5.70. The Bertz CT molecular complexity index is 519. The minimum absolute atomic E-state index is 0.644. The molecule has 0 atom stereocenters. The largest absolute Gasteiger partial charge is 0.320 e. The van der Waals surface area contributed by atoms with Gasteiger partial charge in [0.25, 0.3) is 0 Å². The number of rotatable bonds is 1. The van der Waals surface area contributed by atoms with Crippen LogP contribution >= 0.6 is 0 Å². The van der Waals surface area contributed by atoms with Gasteiger partial charge in [0.15, 0.2) is 5.65 Å². The molecule has 0 aliphatic carbocycles. The molecule has 0 amide bonds. The molecule has 0 fully saturated rings. The molecule has 6 heteroatoms. The fraction of sp³-hybridized carbons (Fsp3) is 0. The van der Waals surface area contributed by atoms with Crippen molar-refractivity contribution in [3.8, 4) is 5.95 Å². The van der Waals surface area contributed by atoms with E-state index in [1.165, 1.54) is 6.33 Å². The summed E-state index contributed by atoms with van der Waals surface area (Å²) in [5, 5.41) is 4.06. The van der Waals surface area contributed by atoms with Crippen molar-refractivity contribution < 1.29 is 0 Å². The number of nitrogens with zero attached hydrogens (tertiary/aromatic N) is 5. The summed E-state index contributed by atoms with van der Waals surface area (Å²) in [6.45, 7) is 0. The van der Waals surface area contributed by atoms with Crippen molar-refractivity contribution in [2.45, 2.75) is 0 Å². The van der Waals surface area contributed by atoms with Crippen molar-refractivity contribution in [1.29, 1.82) is 0 Å². The lowest BCUT2D eigenvalue weighted by molar-refractivity contribution is 0.828. The highest BCUT2D eigenvalue weighted by atomic mass is 15.3. The Morgan fingerprint density at radius 3 is 3.14 bits per heavy atom. The van der Waals surface area contributed by atoms with Crippen LogP contribution in [0.25, 0.3) is 17.1 Å². The van der Waals surface area contributed by atoms with E-state index in [1.807, 2.05) is 12.3 Å². The van der Waals surface area contributed by atoms with E-state index in [9.17, 15) is 0 Å². The minimum Gasteiger partial charge on any atom is -0.320 e. The summed E-state index contributed by atoms with van der Waals surface area (Å²) < 4.78 is 1.64. The van der Waals surface area contributed by atoms with Crippen LogP contribution in [-0.4, -0.2) is 29.7 Å². The fourth-order valence-corrected chi connectivity index (χ4v) is 1.25. The normalized spacial score (nSPS) is 10.9. The number of nitrogens with one attached hydrogen (secondary N) is 1. The van der Waals surface area contributed by atoms with E-state index in [-0.39, 0.29) is 0 Å².